The molecule has 0 radical (unpaired) electrons. The molecular weight excluding hydrogens is 164 g/mol. The summed E-state index contributed by atoms with van der Waals surface area (Å²) < 4.78 is 0. The maximum atomic E-state index is 11.4. The normalized spacial score (nSPS) is 10.2. The quantitative estimate of drug-likeness (QED) is 0.709. The molecule has 1 aromatic carbocycles. The van der Waals surface area contributed by atoms with Crippen LogP contribution >= 0.6 is 0 Å². The van der Waals surface area contributed by atoms with E-state index in [2.05, 4.69) is 16.5 Å². The number of nitrogens with zero attached hydrogens (tertiary/aromatic N) is 1. The van der Waals surface area contributed by atoms with Crippen molar-refractivity contribution in [3.8, 4) is 0 Å². The van der Waals surface area contributed by atoms with Crippen molar-refractivity contribution in [3.05, 3.63) is 47.0 Å². The Kier molecular flexibility index (Phi) is 1.70. The highest BCUT2D eigenvalue weighted by Crippen LogP contribution is 2.05. The Morgan fingerprint density at radius 2 is 2.15 bits per heavy atom. The lowest BCUT2D eigenvalue weighted by Gasteiger charge is -1.96. The molecule has 1 aromatic heterocycles. The fourth-order valence-electron chi connectivity index (χ4n) is 1.20. The number of aromatic amines is 1. The number of hydrogen-bond acceptors (Lipinski definition) is 2. The van der Waals surface area contributed by atoms with Crippen LogP contribution in [-0.2, 0) is 0 Å². The summed E-state index contributed by atoms with van der Waals surface area (Å²) in [6.07, 6.45) is 1.52. The maximum Gasteiger partial charge on any atom is 0.259 e. The van der Waals surface area contributed by atoms with Crippen LogP contribution in [-0.4, -0.2) is 9.97 Å². The minimum atomic E-state index is -0.125. The molecule has 0 aliphatic rings. The molecule has 0 bridgehead atoms. The molecule has 3 nitrogen and oxygen atoms in total. The summed E-state index contributed by atoms with van der Waals surface area (Å²) in [6.45, 7) is 3.55. The van der Waals surface area contributed by atoms with Gasteiger partial charge in [-0.2, -0.15) is 0 Å². The van der Waals surface area contributed by atoms with E-state index in [1.807, 2.05) is 12.1 Å². The molecule has 0 aliphatic heterocycles. The Morgan fingerprint density at radius 1 is 1.38 bits per heavy atom. The predicted molar refractivity (Wildman–Crippen MR) is 52.5 cm³/mol. The summed E-state index contributed by atoms with van der Waals surface area (Å²) in [5.41, 5.74) is 0.571. The minimum Gasteiger partial charge on any atom is -0.306 e. The number of para-hydroxylation sites is 1. The molecule has 0 saturated carbocycles. The molecule has 64 valence electrons. The molecule has 1 N–H and O–H groups in total. The molecule has 0 fully saturated rings. The number of nitrogens with one attached hydrogen (secondary N) is 1. The summed E-state index contributed by atoms with van der Waals surface area (Å²) in [7, 11) is 0. The Morgan fingerprint density at radius 3 is 2.92 bits per heavy atom. The molecule has 1 heterocycles. The molecule has 2 aromatic rings. The van der Waals surface area contributed by atoms with Gasteiger partial charge in [0, 0.05) is 0 Å². The topological polar surface area (TPSA) is 45.8 Å². The van der Waals surface area contributed by atoms with Crippen molar-refractivity contribution in [2.45, 2.75) is 0 Å². The van der Waals surface area contributed by atoms with Crippen LogP contribution < -0.4 is 5.56 Å². The Bertz CT molecular complexity index is 514. The maximum absolute atomic E-state index is 11.4. The van der Waals surface area contributed by atoms with Gasteiger partial charge in [0.25, 0.3) is 5.56 Å². The molecule has 13 heavy (non-hydrogen) atoms. The van der Waals surface area contributed by atoms with Crippen molar-refractivity contribution >= 4 is 17.0 Å². The number of benzene rings is 1. The van der Waals surface area contributed by atoms with Crippen LogP contribution in [0.5, 0.6) is 0 Å². The zero-order chi connectivity index (χ0) is 9.26. The van der Waals surface area contributed by atoms with Gasteiger partial charge in [-0.1, -0.05) is 18.7 Å². The minimum absolute atomic E-state index is 0.125. The first kappa shape index (κ1) is 7.73. The van der Waals surface area contributed by atoms with E-state index in [1.165, 1.54) is 6.08 Å². The van der Waals surface area contributed by atoms with Crippen molar-refractivity contribution in [1.29, 1.82) is 0 Å². The van der Waals surface area contributed by atoms with E-state index in [4.69, 9.17) is 0 Å². The fourth-order valence-corrected chi connectivity index (χ4v) is 1.20. The largest absolute Gasteiger partial charge is 0.306 e. The van der Waals surface area contributed by atoms with Crippen LogP contribution in [0.2, 0.25) is 0 Å². The average Bonchev–Trinajstić information content (AvgIpc) is 2.18. The van der Waals surface area contributed by atoms with Crippen molar-refractivity contribution in [1.82, 2.24) is 9.97 Å². The monoisotopic (exact) mass is 172 g/mol. The second-order valence-corrected chi connectivity index (χ2v) is 2.67. The van der Waals surface area contributed by atoms with E-state index < -0.39 is 0 Å². The zero-order valence-electron chi connectivity index (χ0n) is 6.95. The van der Waals surface area contributed by atoms with E-state index >= 15 is 0 Å². The molecule has 0 atom stereocenters. The van der Waals surface area contributed by atoms with Gasteiger partial charge in [-0.15, -0.1) is 0 Å². The number of aromatic nitrogens is 2. The van der Waals surface area contributed by atoms with Crippen LogP contribution in [0.25, 0.3) is 17.0 Å². The third kappa shape index (κ3) is 1.24. The van der Waals surface area contributed by atoms with Crippen LogP contribution in [0.15, 0.2) is 35.6 Å². The molecule has 3 heteroatoms. The number of H-pyrrole nitrogens is 1. The van der Waals surface area contributed by atoms with Gasteiger partial charge < -0.3 is 4.98 Å². The van der Waals surface area contributed by atoms with Gasteiger partial charge in [0.15, 0.2) is 0 Å². The lowest BCUT2D eigenvalue weighted by Crippen LogP contribution is -2.09. The molecular formula is C10H8N2O. The smallest absolute Gasteiger partial charge is 0.259 e. The first-order chi connectivity index (χ1) is 6.31. The number of fused-ring (bicyclic) bond motifs is 1. The van der Waals surface area contributed by atoms with Gasteiger partial charge in [-0.05, 0) is 18.2 Å². The van der Waals surface area contributed by atoms with Crippen LogP contribution in [0.3, 0.4) is 0 Å². The Labute approximate surface area is 74.8 Å². The SMILES string of the molecule is C=Cc1nc2ccccc2c(=O)[nH]1. The van der Waals surface area contributed by atoms with E-state index in [0.29, 0.717) is 16.7 Å². The first-order valence-corrected chi connectivity index (χ1v) is 3.93. The van der Waals surface area contributed by atoms with Crippen molar-refractivity contribution in [2.75, 3.05) is 0 Å². The van der Waals surface area contributed by atoms with Gasteiger partial charge in [0.1, 0.15) is 5.82 Å². The second kappa shape index (κ2) is 2.86. The van der Waals surface area contributed by atoms with Gasteiger partial charge in [0.05, 0.1) is 10.9 Å². The Balaban J connectivity index is 2.92. The molecule has 2 rings (SSSR count). The Hall–Kier alpha value is -1.90. The van der Waals surface area contributed by atoms with E-state index in [9.17, 15) is 4.79 Å². The van der Waals surface area contributed by atoms with Crippen molar-refractivity contribution in [3.63, 3.8) is 0 Å². The molecule has 0 spiro atoms. The van der Waals surface area contributed by atoms with Gasteiger partial charge in [0.2, 0.25) is 0 Å². The summed E-state index contributed by atoms with van der Waals surface area (Å²) in [6, 6.07) is 7.21. The molecule has 0 amide bonds. The van der Waals surface area contributed by atoms with E-state index in [0.717, 1.165) is 0 Å². The van der Waals surface area contributed by atoms with Gasteiger partial charge in [-0.3, -0.25) is 4.79 Å². The summed E-state index contributed by atoms with van der Waals surface area (Å²) in [5.74, 6) is 0.503. The third-order valence-electron chi connectivity index (χ3n) is 1.82. The van der Waals surface area contributed by atoms with Crippen LogP contribution in [0.4, 0.5) is 0 Å². The molecule has 0 unspecified atom stereocenters. The van der Waals surface area contributed by atoms with Crippen LogP contribution in [0.1, 0.15) is 5.82 Å². The lowest BCUT2D eigenvalue weighted by atomic mass is 10.2. The average molecular weight is 172 g/mol. The van der Waals surface area contributed by atoms with Crippen LogP contribution in [0, 0.1) is 0 Å². The predicted octanol–water partition coefficient (Wildman–Crippen LogP) is 1.57. The van der Waals surface area contributed by atoms with Crippen molar-refractivity contribution < 1.29 is 0 Å². The lowest BCUT2D eigenvalue weighted by molar-refractivity contribution is 1.14. The highest BCUT2D eigenvalue weighted by molar-refractivity contribution is 5.77. The standard InChI is InChI=1S/C10H8N2O/c1-2-9-11-8-6-4-3-5-7(8)10(13)12-9/h2-6H,1H2,(H,11,12,13). The van der Waals surface area contributed by atoms with Crippen molar-refractivity contribution in [2.24, 2.45) is 0 Å². The fraction of sp³-hybridized carbons (Fsp3) is 0. The van der Waals surface area contributed by atoms with E-state index in [1.54, 1.807) is 12.1 Å². The second-order valence-electron chi connectivity index (χ2n) is 2.67. The summed E-state index contributed by atoms with van der Waals surface area (Å²) in [4.78, 5) is 18.2. The zero-order valence-corrected chi connectivity index (χ0v) is 6.95. The van der Waals surface area contributed by atoms with Gasteiger partial charge in [-0.25, -0.2) is 4.98 Å². The summed E-state index contributed by atoms with van der Waals surface area (Å²) >= 11 is 0. The first-order valence-electron chi connectivity index (χ1n) is 3.93. The number of hydrogen-bond donors (Lipinski definition) is 1. The third-order valence-corrected chi connectivity index (χ3v) is 1.82. The molecule has 0 aliphatic carbocycles. The highest BCUT2D eigenvalue weighted by atomic mass is 16.1. The van der Waals surface area contributed by atoms with Gasteiger partial charge >= 0.3 is 0 Å². The number of rotatable bonds is 1. The van der Waals surface area contributed by atoms with E-state index in [-0.39, 0.29) is 5.56 Å². The molecule has 0 saturated heterocycles. The highest BCUT2D eigenvalue weighted by Gasteiger charge is 1.98. The summed E-state index contributed by atoms with van der Waals surface area (Å²) in [5, 5.41) is 0.605.